The molecule has 19 heavy (non-hydrogen) atoms. The largest absolute Gasteiger partial charge is 0.367 e. The number of carbonyl (C=O) groups excluding carboxylic acids is 1. The number of nitrogens with zero attached hydrogens (tertiary/aromatic N) is 2. The standard InChI is InChI=1S/C14H20ClN3O/c1-8-4-9(2)6-11(5-8)18-14-12(7-19)13(15)16-10(3)17-14/h7-9,11H,4-6H2,1-3H3,(H,16,17,18). The summed E-state index contributed by atoms with van der Waals surface area (Å²) < 4.78 is 0. The number of anilines is 1. The summed E-state index contributed by atoms with van der Waals surface area (Å²) in [5, 5.41) is 3.60. The summed E-state index contributed by atoms with van der Waals surface area (Å²) in [5.41, 5.74) is 0.359. The molecule has 1 aromatic heterocycles. The third kappa shape index (κ3) is 3.44. The molecule has 0 spiro atoms. The summed E-state index contributed by atoms with van der Waals surface area (Å²) in [4.78, 5) is 19.4. The minimum atomic E-state index is 0.224. The van der Waals surface area contributed by atoms with Crippen LogP contribution in [0.1, 0.15) is 49.3 Å². The fourth-order valence-corrected chi connectivity index (χ4v) is 3.28. The van der Waals surface area contributed by atoms with Crippen LogP contribution < -0.4 is 5.32 Å². The molecule has 4 nitrogen and oxygen atoms in total. The highest BCUT2D eigenvalue weighted by molar-refractivity contribution is 6.32. The second-order valence-corrected chi connectivity index (χ2v) is 6.06. The predicted octanol–water partition coefficient (Wildman–Crippen LogP) is 3.49. The summed E-state index contributed by atoms with van der Waals surface area (Å²) in [5.74, 6) is 2.53. The highest BCUT2D eigenvalue weighted by Crippen LogP contribution is 2.31. The van der Waals surface area contributed by atoms with E-state index >= 15 is 0 Å². The lowest BCUT2D eigenvalue weighted by molar-refractivity contribution is 0.112. The first-order chi connectivity index (χ1) is 8.99. The molecule has 1 aromatic rings. The summed E-state index contributed by atoms with van der Waals surface area (Å²) in [7, 11) is 0. The Kier molecular flexibility index (Phi) is 4.40. The van der Waals surface area contributed by atoms with E-state index in [1.807, 2.05) is 0 Å². The van der Waals surface area contributed by atoms with E-state index in [1.165, 1.54) is 6.42 Å². The van der Waals surface area contributed by atoms with Crippen LogP contribution in [0.25, 0.3) is 0 Å². The average Bonchev–Trinajstić information content (AvgIpc) is 2.26. The van der Waals surface area contributed by atoms with E-state index in [4.69, 9.17) is 11.6 Å². The van der Waals surface area contributed by atoms with Gasteiger partial charge in [-0.05, 0) is 38.0 Å². The van der Waals surface area contributed by atoms with Crippen LogP contribution in [0.5, 0.6) is 0 Å². The molecule has 2 rings (SSSR count). The quantitative estimate of drug-likeness (QED) is 0.681. The van der Waals surface area contributed by atoms with Gasteiger partial charge in [0.15, 0.2) is 6.29 Å². The van der Waals surface area contributed by atoms with Crippen molar-refractivity contribution in [2.45, 2.75) is 46.1 Å². The van der Waals surface area contributed by atoms with Gasteiger partial charge in [0.2, 0.25) is 0 Å². The van der Waals surface area contributed by atoms with Crippen molar-refractivity contribution in [3.63, 3.8) is 0 Å². The van der Waals surface area contributed by atoms with Gasteiger partial charge in [-0.1, -0.05) is 25.4 Å². The fraction of sp³-hybridized carbons (Fsp3) is 0.643. The molecule has 104 valence electrons. The zero-order valence-corrected chi connectivity index (χ0v) is 12.4. The van der Waals surface area contributed by atoms with Crippen molar-refractivity contribution in [1.29, 1.82) is 0 Å². The van der Waals surface area contributed by atoms with Gasteiger partial charge in [-0.2, -0.15) is 0 Å². The van der Waals surface area contributed by atoms with Crippen molar-refractivity contribution in [3.8, 4) is 0 Å². The Morgan fingerprint density at radius 3 is 2.42 bits per heavy atom. The number of hydrogen-bond donors (Lipinski definition) is 1. The highest BCUT2D eigenvalue weighted by Gasteiger charge is 2.25. The molecule has 0 aromatic carbocycles. The van der Waals surface area contributed by atoms with Crippen LogP contribution in [-0.2, 0) is 0 Å². The van der Waals surface area contributed by atoms with Crippen LogP contribution in [0.15, 0.2) is 0 Å². The van der Waals surface area contributed by atoms with E-state index in [1.54, 1.807) is 6.92 Å². The fourth-order valence-electron chi connectivity index (χ4n) is 3.02. The molecular formula is C14H20ClN3O. The van der Waals surface area contributed by atoms with E-state index in [-0.39, 0.29) is 5.15 Å². The molecule has 1 aliphatic carbocycles. The van der Waals surface area contributed by atoms with E-state index in [0.29, 0.717) is 35.1 Å². The molecule has 0 saturated heterocycles. The lowest BCUT2D eigenvalue weighted by atomic mass is 9.80. The van der Waals surface area contributed by atoms with E-state index in [2.05, 4.69) is 29.1 Å². The van der Waals surface area contributed by atoms with Crippen LogP contribution in [0, 0.1) is 18.8 Å². The SMILES string of the molecule is Cc1nc(Cl)c(C=O)c(NC2CC(C)CC(C)C2)n1. The number of rotatable bonds is 3. The zero-order chi connectivity index (χ0) is 14.0. The van der Waals surface area contributed by atoms with Gasteiger partial charge in [-0.3, -0.25) is 4.79 Å². The first-order valence-corrected chi connectivity index (χ1v) is 7.13. The molecule has 0 radical (unpaired) electrons. The molecule has 2 atom stereocenters. The summed E-state index contributed by atoms with van der Waals surface area (Å²) >= 11 is 5.99. The molecule has 0 aliphatic heterocycles. The molecule has 2 unspecified atom stereocenters. The lowest BCUT2D eigenvalue weighted by Gasteiger charge is -2.32. The normalized spacial score (nSPS) is 27.1. The predicted molar refractivity (Wildman–Crippen MR) is 76.8 cm³/mol. The lowest BCUT2D eigenvalue weighted by Crippen LogP contribution is -2.31. The van der Waals surface area contributed by atoms with Crippen molar-refractivity contribution < 1.29 is 4.79 Å². The first-order valence-electron chi connectivity index (χ1n) is 6.75. The number of aldehydes is 1. The van der Waals surface area contributed by atoms with Crippen molar-refractivity contribution in [2.24, 2.45) is 11.8 Å². The molecule has 1 saturated carbocycles. The van der Waals surface area contributed by atoms with Crippen LogP contribution >= 0.6 is 11.6 Å². The molecular weight excluding hydrogens is 262 g/mol. The highest BCUT2D eigenvalue weighted by atomic mass is 35.5. The molecule has 1 N–H and O–H groups in total. The van der Waals surface area contributed by atoms with E-state index in [9.17, 15) is 4.79 Å². The molecule has 5 heteroatoms. The van der Waals surface area contributed by atoms with Crippen LogP contribution in [-0.4, -0.2) is 22.3 Å². The van der Waals surface area contributed by atoms with E-state index < -0.39 is 0 Å². The van der Waals surface area contributed by atoms with Gasteiger partial charge in [-0.25, -0.2) is 9.97 Å². The maximum absolute atomic E-state index is 11.1. The maximum Gasteiger partial charge on any atom is 0.156 e. The number of halogens is 1. The summed E-state index contributed by atoms with van der Waals surface area (Å²) in [6.45, 7) is 6.31. The third-order valence-electron chi connectivity index (χ3n) is 3.65. The number of nitrogens with one attached hydrogen (secondary N) is 1. The average molecular weight is 282 g/mol. The van der Waals surface area contributed by atoms with Gasteiger partial charge in [0.05, 0.1) is 5.56 Å². The summed E-state index contributed by atoms with van der Waals surface area (Å²) in [6.07, 6.45) is 4.19. The van der Waals surface area contributed by atoms with Crippen LogP contribution in [0.4, 0.5) is 5.82 Å². The summed E-state index contributed by atoms with van der Waals surface area (Å²) in [6, 6.07) is 0.350. The Bertz CT molecular complexity index is 468. The van der Waals surface area contributed by atoms with Gasteiger partial charge in [-0.15, -0.1) is 0 Å². The van der Waals surface area contributed by atoms with Gasteiger partial charge in [0.25, 0.3) is 0 Å². The smallest absolute Gasteiger partial charge is 0.156 e. The topological polar surface area (TPSA) is 54.9 Å². The second-order valence-electron chi connectivity index (χ2n) is 5.70. The zero-order valence-electron chi connectivity index (χ0n) is 11.6. The number of aryl methyl sites for hydroxylation is 1. The molecule has 1 aliphatic rings. The number of carbonyl (C=O) groups is 1. The third-order valence-corrected chi connectivity index (χ3v) is 3.94. The molecule has 1 fully saturated rings. The Morgan fingerprint density at radius 1 is 1.21 bits per heavy atom. The van der Waals surface area contributed by atoms with Crippen molar-refractivity contribution in [3.05, 3.63) is 16.5 Å². The first kappa shape index (κ1) is 14.3. The minimum Gasteiger partial charge on any atom is -0.367 e. The Morgan fingerprint density at radius 2 is 1.84 bits per heavy atom. The Labute approximate surface area is 119 Å². The molecule has 0 amide bonds. The number of aromatic nitrogens is 2. The second kappa shape index (κ2) is 5.87. The van der Waals surface area contributed by atoms with Gasteiger partial charge in [0.1, 0.15) is 16.8 Å². The minimum absolute atomic E-state index is 0.224. The number of hydrogen-bond acceptors (Lipinski definition) is 4. The van der Waals surface area contributed by atoms with Crippen LogP contribution in [0.3, 0.4) is 0 Å². The molecule has 1 heterocycles. The monoisotopic (exact) mass is 281 g/mol. The Hall–Kier alpha value is -1.16. The maximum atomic E-state index is 11.1. The van der Waals surface area contributed by atoms with Crippen molar-refractivity contribution >= 4 is 23.7 Å². The van der Waals surface area contributed by atoms with E-state index in [0.717, 1.165) is 19.1 Å². The van der Waals surface area contributed by atoms with Gasteiger partial charge in [0, 0.05) is 6.04 Å². The van der Waals surface area contributed by atoms with Crippen molar-refractivity contribution in [2.75, 3.05) is 5.32 Å². The van der Waals surface area contributed by atoms with Crippen LogP contribution in [0.2, 0.25) is 5.15 Å². The van der Waals surface area contributed by atoms with Gasteiger partial charge >= 0.3 is 0 Å². The Balaban J connectivity index is 2.20. The van der Waals surface area contributed by atoms with Crippen molar-refractivity contribution in [1.82, 2.24) is 9.97 Å². The molecule has 0 bridgehead atoms. The van der Waals surface area contributed by atoms with Gasteiger partial charge < -0.3 is 5.32 Å².